The third kappa shape index (κ3) is 2.50. The Bertz CT molecular complexity index is 956. The van der Waals surface area contributed by atoms with Crippen LogP contribution in [0, 0.1) is 17.5 Å². The van der Waals surface area contributed by atoms with E-state index >= 15 is 0 Å². The van der Waals surface area contributed by atoms with E-state index in [4.69, 9.17) is 16.4 Å². The first-order valence-electron chi connectivity index (χ1n) is 7.43. The Labute approximate surface area is 144 Å². The van der Waals surface area contributed by atoms with Gasteiger partial charge in [0.2, 0.25) is 0 Å². The van der Waals surface area contributed by atoms with Crippen LogP contribution < -0.4 is 5.06 Å². The van der Waals surface area contributed by atoms with Crippen molar-refractivity contribution in [3.63, 3.8) is 0 Å². The normalized spacial score (nSPS) is 17.6. The lowest BCUT2D eigenvalue weighted by molar-refractivity contribution is 0.157. The van der Waals surface area contributed by atoms with Gasteiger partial charge >= 0.3 is 0 Å². The number of fused-ring (bicyclic) bond motifs is 1. The fourth-order valence-corrected chi connectivity index (χ4v) is 3.09. The van der Waals surface area contributed by atoms with Crippen molar-refractivity contribution >= 4 is 23.2 Å². The number of aromatic nitrogens is 4. The molecule has 1 fully saturated rings. The van der Waals surface area contributed by atoms with Crippen molar-refractivity contribution in [2.24, 2.45) is 0 Å². The monoisotopic (exact) mass is 369 g/mol. The molecule has 0 aliphatic carbocycles. The molecule has 1 atom stereocenters. The fraction of sp³-hybridized carbons (Fsp3) is 0.267. The third-order valence-corrected chi connectivity index (χ3v) is 4.26. The SMILES string of the molecule is CC1CCON1c1c(-c2c(F)cc(F)cc2F)c(Cl)nc2ncnn12. The third-order valence-electron chi connectivity index (χ3n) is 3.99. The van der Waals surface area contributed by atoms with Gasteiger partial charge in [-0.25, -0.2) is 18.2 Å². The average Bonchev–Trinajstić information content (AvgIpc) is 3.15. The minimum absolute atomic E-state index is 0.0802. The molecule has 10 heteroatoms. The maximum absolute atomic E-state index is 14.4. The molecule has 0 spiro atoms. The van der Waals surface area contributed by atoms with E-state index < -0.39 is 23.0 Å². The zero-order valence-corrected chi connectivity index (χ0v) is 13.6. The molecule has 0 N–H and O–H groups in total. The molecule has 6 nitrogen and oxygen atoms in total. The lowest BCUT2D eigenvalue weighted by atomic mass is 10.1. The van der Waals surface area contributed by atoms with Crippen LogP contribution in [0.3, 0.4) is 0 Å². The summed E-state index contributed by atoms with van der Waals surface area (Å²) in [4.78, 5) is 13.6. The Morgan fingerprint density at radius 3 is 2.56 bits per heavy atom. The average molecular weight is 370 g/mol. The second kappa shape index (κ2) is 5.85. The van der Waals surface area contributed by atoms with Crippen LogP contribution in [-0.2, 0) is 4.84 Å². The number of nitrogens with zero attached hydrogens (tertiary/aromatic N) is 5. The van der Waals surface area contributed by atoms with E-state index in [0.29, 0.717) is 25.2 Å². The Morgan fingerprint density at radius 2 is 1.92 bits per heavy atom. The topological polar surface area (TPSA) is 55.5 Å². The van der Waals surface area contributed by atoms with E-state index in [1.54, 1.807) is 0 Å². The van der Waals surface area contributed by atoms with Crippen LogP contribution in [0.4, 0.5) is 19.0 Å². The van der Waals surface area contributed by atoms with E-state index in [2.05, 4.69) is 15.1 Å². The molecule has 0 bridgehead atoms. The molecule has 1 aliphatic heterocycles. The summed E-state index contributed by atoms with van der Waals surface area (Å²) < 4.78 is 43.4. The molecular weight excluding hydrogens is 359 g/mol. The van der Waals surface area contributed by atoms with Crippen LogP contribution in [0.25, 0.3) is 16.9 Å². The van der Waals surface area contributed by atoms with Gasteiger partial charge in [0, 0.05) is 12.1 Å². The molecule has 1 aliphatic rings. The van der Waals surface area contributed by atoms with E-state index in [1.165, 1.54) is 15.9 Å². The van der Waals surface area contributed by atoms with Crippen molar-refractivity contribution in [2.45, 2.75) is 19.4 Å². The number of hydroxylamine groups is 1. The van der Waals surface area contributed by atoms with Gasteiger partial charge in [-0.05, 0) is 13.3 Å². The summed E-state index contributed by atoms with van der Waals surface area (Å²) in [5, 5.41) is 5.32. The maximum Gasteiger partial charge on any atom is 0.255 e. The summed E-state index contributed by atoms with van der Waals surface area (Å²) in [5.74, 6) is -2.91. The summed E-state index contributed by atoms with van der Waals surface area (Å²) in [6.07, 6.45) is 1.94. The van der Waals surface area contributed by atoms with Crippen molar-refractivity contribution in [1.82, 2.24) is 19.6 Å². The molecule has 1 aromatic carbocycles. The standard InChI is InChI=1S/C15H11ClF3N5O/c1-7-2-3-25-24(7)14-12(11-9(18)4-8(17)5-10(11)19)13(16)22-15-20-6-21-23(14)15/h4-7H,2-3H2,1H3. The first kappa shape index (κ1) is 16.1. The van der Waals surface area contributed by atoms with Crippen LogP contribution in [0.15, 0.2) is 18.5 Å². The summed E-state index contributed by atoms with van der Waals surface area (Å²) in [7, 11) is 0. The maximum atomic E-state index is 14.4. The lowest BCUT2D eigenvalue weighted by Gasteiger charge is -2.25. The minimum atomic E-state index is -1.10. The number of rotatable bonds is 2. The molecular formula is C15H11ClF3N5O. The predicted octanol–water partition coefficient (Wildman–Crippen LogP) is 3.39. The molecule has 0 saturated carbocycles. The first-order valence-corrected chi connectivity index (χ1v) is 7.81. The number of anilines is 1. The summed E-state index contributed by atoms with van der Waals surface area (Å²) in [6.45, 7) is 2.30. The highest BCUT2D eigenvalue weighted by Crippen LogP contribution is 2.41. The fourth-order valence-electron chi connectivity index (χ4n) is 2.84. The van der Waals surface area contributed by atoms with Gasteiger partial charge in [0.05, 0.1) is 23.8 Å². The number of hydrogen-bond donors (Lipinski definition) is 0. The molecule has 130 valence electrons. The van der Waals surface area contributed by atoms with Crippen molar-refractivity contribution < 1.29 is 18.0 Å². The van der Waals surface area contributed by atoms with Crippen molar-refractivity contribution in [3.8, 4) is 11.1 Å². The number of halogens is 4. The molecule has 0 radical (unpaired) electrons. The quantitative estimate of drug-likeness (QED) is 0.648. The number of benzene rings is 1. The van der Waals surface area contributed by atoms with Crippen LogP contribution >= 0.6 is 11.6 Å². The van der Waals surface area contributed by atoms with Gasteiger partial charge in [0.15, 0.2) is 5.82 Å². The summed E-state index contributed by atoms with van der Waals surface area (Å²) >= 11 is 6.21. The van der Waals surface area contributed by atoms with Crippen LogP contribution in [0.2, 0.25) is 5.15 Å². The van der Waals surface area contributed by atoms with Gasteiger partial charge in [-0.2, -0.15) is 19.6 Å². The molecule has 1 unspecified atom stereocenters. The van der Waals surface area contributed by atoms with E-state index in [0.717, 1.165) is 0 Å². The molecule has 1 saturated heterocycles. The second-order valence-corrected chi connectivity index (χ2v) is 5.97. The summed E-state index contributed by atoms with van der Waals surface area (Å²) in [5.41, 5.74) is -0.586. The molecule has 2 aromatic heterocycles. The van der Waals surface area contributed by atoms with Gasteiger partial charge < -0.3 is 0 Å². The van der Waals surface area contributed by atoms with Crippen LogP contribution in [0.1, 0.15) is 13.3 Å². The largest absolute Gasteiger partial charge is 0.272 e. The highest BCUT2D eigenvalue weighted by molar-refractivity contribution is 6.33. The Hall–Kier alpha value is -2.39. The Kier molecular flexibility index (Phi) is 3.77. The minimum Gasteiger partial charge on any atom is -0.272 e. The molecule has 3 heterocycles. The highest BCUT2D eigenvalue weighted by atomic mass is 35.5. The van der Waals surface area contributed by atoms with Crippen molar-refractivity contribution in [3.05, 3.63) is 41.1 Å². The zero-order valence-electron chi connectivity index (χ0n) is 12.9. The van der Waals surface area contributed by atoms with Gasteiger partial charge in [-0.1, -0.05) is 11.6 Å². The van der Waals surface area contributed by atoms with E-state index in [9.17, 15) is 13.2 Å². The van der Waals surface area contributed by atoms with Crippen molar-refractivity contribution in [1.29, 1.82) is 0 Å². The lowest BCUT2D eigenvalue weighted by Crippen LogP contribution is -2.28. The van der Waals surface area contributed by atoms with Gasteiger partial charge in [-0.3, -0.25) is 4.84 Å². The van der Waals surface area contributed by atoms with Gasteiger partial charge in [0.25, 0.3) is 5.78 Å². The molecule has 4 rings (SSSR count). The smallest absolute Gasteiger partial charge is 0.255 e. The van der Waals surface area contributed by atoms with Gasteiger partial charge in [-0.15, -0.1) is 0 Å². The van der Waals surface area contributed by atoms with Crippen LogP contribution in [0.5, 0.6) is 0 Å². The first-order chi connectivity index (χ1) is 12.0. The second-order valence-electron chi connectivity index (χ2n) is 5.61. The Balaban J connectivity index is 2.09. The molecule has 0 amide bonds. The van der Waals surface area contributed by atoms with E-state index in [-0.39, 0.29) is 28.4 Å². The molecule has 3 aromatic rings. The predicted molar refractivity (Wildman–Crippen MR) is 83.6 cm³/mol. The van der Waals surface area contributed by atoms with Crippen molar-refractivity contribution in [2.75, 3.05) is 11.7 Å². The summed E-state index contributed by atoms with van der Waals surface area (Å²) in [6, 6.07) is 1.06. The van der Waals surface area contributed by atoms with Crippen LogP contribution in [-0.4, -0.2) is 32.2 Å². The zero-order chi connectivity index (χ0) is 17.7. The highest BCUT2D eigenvalue weighted by Gasteiger charge is 2.32. The Morgan fingerprint density at radius 1 is 1.20 bits per heavy atom. The number of hydrogen-bond acceptors (Lipinski definition) is 5. The molecule has 25 heavy (non-hydrogen) atoms. The van der Waals surface area contributed by atoms with E-state index in [1.807, 2.05) is 6.92 Å². The van der Waals surface area contributed by atoms with Gasteiger partial charge in [0.1, 0.15) is 28.9 Å².